The van der Waals surface area contributed by atoms with Crippen molar-refractivity contribution in [3.8, 4) is 5.75 Å². The largest absolute Gasteiger partial charge is 0.494 e. The van der Waals surface area contributed by atoms with Crippen molar-refractivity contribution in [2.75, 3.05) is 6.61 Å². The summed E-state index contributed by atoms with van der Waals surface area (Å²) in [5, 5.41) is 9.19. The Morgan fingerprint density at radius 3 is 2.89 bits per heavy atom. The van der Waals surface area contributed by atoms with Crippen molar-refractivity contribution in [1.82, 2.24) is 19.3 Å². The molecule has 1 aromatic carbocycles. The fourth-order valence-corrected chi connectivity index (χ4v) is 2.18. The molecule has 0 aliphatic rings. The molecular formula is C14H16N4O. The van der Waals surface area contributed by atoms with Gasteiger partial charge in [0.05, 0.1) is 13.2 Å². The van der Waals surface area contributed by atoms with Crippen LogP contribution in [0.1, 0.15) is 12.7 Å². The molecule has 0 aliphatic carbocycles. The van der Waals surface area contributed by atoms with Crippen LogP contribution in [0.4, 0.5) is 0 Å². The minimum Gasteiger partial charge on any atom is -0.494 e. The molecule has 2 aromatic heterocycles. The average Bonchev–Trinajstić information content (AvgIpc) is 2.98. The van der Waals surface area contributed by atoms with E-state index in [0.717, 1.165) is 11.6 Å². The van der Waals surface area contributed by atoms with Gasteiger partial charge >= 0.3 is 0 Å². The summed E-state index contributed by atoms with van der Waals surface area (Å²) >= 11 is 0. The van der Waals surface area contributed by atoms with Crippen molar-refractivity contribution < 1.29 is 4.74 Å². The highest BCUT2D eigenvalue weighted by molar-refractivity contribution is 5.81. The molecule has 0 aliphatic heterocycles. The van der Waals surface area contributed by atoms with Crippen LogP contribution in [0.5, 0.6) is 5.75 Å². The zero-order valence-electron chi connectivity index (χ0n) is 11.1. The summed E-state index contributed by atoms with van der Waals surface area (Å²) in [6.45, 7) is 3.39. The Morgan fingerprint density at radius 2 is 2.16 bits per heavy atom. The van der Waals surface area contributed by atoms with E-state index in [2.05, 4.69) is 39.2 Å². The van der Waals surface area contributed by atoms with Crippen LogP contribution < -0.4 is 4.74 Å². The van der Waals surface area contributed by atoms with E-state index in [0.29, 0.717) is 13.2 Å². The zero-order chi connectivity index (χ0) is 13.2. The Balaban J connectivity index is 1.95. The number of nitrogens with zero attached hydrogens (tertiary/aromatic N) is 4. The van der Waals surface area contributed by atoms with E-state index in [1.54, 1.807) is 6.33 Å². The Bertz CT molecular complexity index is 698. The maximum atomic E-state index is 5.51. The predicted octanol–water partition coefficient (Wildman–Crippen LogP) is 2.22. The summed E-state index contributed by atoms with van der Waals surface area (Å²) in [5.74, 6) is 1.85. The van der Waals surface area contributed by atoms with Gasteiger partial charge in [-0.25, -0.2) is 0 Å². The number of fused-ring (bicyclic) bond motifs is 1. The molecule has 0 spiro atoms. The average molecular weight is 256 g/mol. The van der Waals surface area contributed by atoms with Crippen molar-refractivity contribution in [3.63, 3.8) is 0 Å². The van der Waals surface area contributed by atoms with Gasteiger partial charge in [0, 0.05) is 24.1 Å². The van der Waals surface area contributed by atoms with Crippen molar-refractivity contribution in [1.29, 1.82) is 0 Å². The van der Waals surface area contributed by atoms with Gasteiger partial charge in [-0.15, -0.1) is 10.2 Å². The van der Waals surface area contributed by atoms with Crippen molar-refractivity contribution in [3.05, 3.63) is 42.6 Å². The molecule has 3 rings (SSSR count). The van der Waals surface area contributed by atoms with Crippen LogP contribution in [-0.2, 0) is 13.6 Å². The lowest BCUT2D eigenvalue weighted by atomic mass is 10.2. The lowest BCUT2D eigenvalue weighted by Crippen LogP contribution is -2.04. The summed E-state index contributed by atoms with van der Waals surface area (Å²) in [7, 11) is 1.95. The van der Waals surface area contributed by atoms with E-state index >= 15 is 0 Å². The van der Waals surface area contributed by atoms with Gasteiger partial charge in [-0.05, 0) is 31.2 Å². The molecule has 0 radical (unpaired) electrons. The van der Waals surface area contributed by atoms with Gasteiger partial charge in [0.1, 0.15) is 12.1 Å². The highest BCUT2D eigenvalue weighted by Crippen LogP contribution is 2.22. The summed E-state index contributed by atoms with van der Waals surface area (Å²) in [5.41, 5.74) is 1.17. The summed E-state index contributed by atoms with van der Waals surface area (Å²) in [4.78, 5) is 0. The third-order valence-corrected chi connectivity index (χ3v) is 3.17. The van der Waals surface area contributed by atoms with E-state index in [4.69, 9.17) is 4.74 Å². The van der Waals surface area contributed by atoms with Crippen molar-refractivity contribution in [2.24, 2.45) is 7.05 Å². The molecule has 0 atom stereocenters. The van der Waals surface area contributed by atoms with Gasteiger partial charge in [-0.1, -0.05) is 0 Å². The minimum atomic E-state index is 0.686. The first-order valence-electron chi connectivity index (χ1n) is 6.32. The minimum absolute atomic E-state index is 0.686. The van der Waals surface area contributed by atoms with E-state index < -0.39 is 0 Å². The van der Waals surface area contributed by atoms with Crippen molar-refractivity contribution in [2.45, 2.75) is 13.5 Å². The number of benzene rings is 1. The second kappa shape index (κ2) is 4.76. The molecule has 0 unspecified atom stereocenters. The first-order valence-corrected chi connectivity index (χ1v) is 6.32. The third-order valence-electron chi connectivity index (χ3n) is 3.17. The topological polar surface area (TPSA) is 44.9 Å². The molecular weight excluding hydrogens is 240 g/mol. The van der Waals surface area contributed by atoms with Crippen molar-refractivity contribution >= 4 is 10.9 Å². The van der Waals surface area contributed by atoms with Gasteiger partial charge in [0.2, 0.25) is 0 Å². The molecule has 0 amide bonds. The molecule has 0 bridgehead atoms. The molecule has 5 nitrogen and oxygen atoms in total. The first-order chi connectivity index (χ1) is 9.28. The van der Waals surface area contributed by atoms with Gasteiger partial charge in [0.15, 0.2) is 5.82 Å². The van der Waals surface area contributed by atoms with Gasteiger partial charge < -0.3 is 13.9 Å². The number of ether oxygens (including phenoxy) is 1. The van der Waals surface area contributed by atoms with Gasteiger partial charge in [0.25, 0.3) is 0 Å². The van der Waals surface area contributed by atoms with Gasteiger partial charge in [-0.3, -0.25) is 0 Å². The smallest absolute Gasteiger partial charge is 0.152 e. The highest BCUT2D eigenvalue weighted by atomic mass is 16.5. The van der Waals surface area contributed by atoms with Crippen LogP contribution >= 0.6 is 0 Å². The van der Waals surface area contributed by atoms with Crippen LogP contribution in [0.25, 0.3) is 10.9 Å². The summed E-state index contributed by atoms with van der Waals surface area (Å²) in [6, 6.07) is 8.23. The molecule has 3 aromatic rings. The maximum absolute atomic E-state index is 5.51. The van der Waals surface area contributed by atoms with E-state index in [9.17, 15) is 0 Å². The number of hydrogen-bond donors (Lipinski definition) is 0. The first kappa shape index (κ1) is 11.8. The second-order valence-corrected chi connectivity index (χ2v) is 4.46. The van der Waals surface area contributed by atoms with Gasteiger partial charge in [-0.2, -0.15) is 0 Å². The Labute approximate surface area is 111 Å². The third kappa shape index (κ3) is 2.19. The van der Waals surface area contributed by atoms with E-state index in [1.807, 2.05) is 24.6 Å². The standard InChI is InChI=1S/C14H16N4O/c1-3-19-12-4-5-13-11(8-12)6-7-18(13)9-14-16-15-10-17(14)2/h4-8,10H,3,9H2,1-2H3. The molecule has 5 heteroatoms. The van der Waals surface area contributed by atoms with E-state index in [-0.39, 0.29) is 0 Å². The Morgan fingerprint density at radius 1 is 1.26 bits per heavy atom. The lowest BCUT2D eigenvalue weighted by molar-refractivity contribution is 0.340. The van der Waals surface area contributed by atoms with Crippen LogP contribution in [-0.4, -0.2) is 25.9 Å². The summed E-state index contributed by atoms with van der Waals surface area (Å²) in [6.07, 6.45) is 3.78. The van der Waals surface area contributed by atoms with E-state index in [1.165, 1.54) is 10.9 Å². The quantitative estimate of drug-likeness (QED) is 0.719. The molecule has 19 heavy (non-hydrogen) atoms. The number of rotatable bonds is 4. The summed E-state index contributed by atoms with van der Waals surface area (Å²) < 4.78 is 9.61. The maximum Gasteiger partial charge on any atom is 0.152 e. The zero-order valence-corrected chi connectivity index (χ0v) is 11.1. The molecule has 0 saturated carbocycles. The number of aromatic nitrogens is 4. The highest BCUT2D eigenvalue weighted by Gasteiger charge is 2.06. The van der Waals surface area contributed by atoms with Crippen LogP contribution in [0.3, 0.4) is 0 Å². The molecule has 0 fully saturated rings. The van der Waals surface area contributed by atoms with Crippen LogP contribution in [0.2, 0.25) is 0 Å². The normalized spacial score (nSPS) is 11.1. The number of hydrogen-bond acceptors (Lipinski definition) is 3. The SMILES string of the molecule is CCOc1ccc2c(ccn2Cc2nncn2C)c1. The fourth-order valence-electron chi connectivity index (χ4n) is 2.18. The molecule has 2 heterocycles. The second-order valence-electron chi connectivity index (χ2n) is 4.46. The lowest BCUT2D eigenvalue weighted by Gasteiger charge is -2.06. The predicted molar refractivity (Wildman–Crippen MR) is 73.2 cm³/mol. The van der Waals surface area contributed by atoms with Crippen LogP contribution in [0, 0.1) is 0 Å². The Hall–Kier alpha value is -2.30. The molecule has 0 saturated heterocycles. The monoisotopic (exact) mass is 256 g/mol. The van der Waals surface area contributed by atoms with Crippen LogP contribution in [0.15, 0.2) is 36.8 Å². The molecule has 98 valence electrons. The number of aryl methyl sites for hydroxylation is 1. The fraction of sp³-hybridized carbons (Fsp3) is 0.286. The molecule has 0 N–H and O–H groups in total. The Kier molecular flexibility index (Phi) is 2.95.